The molecule has 1 fully saturated rings. The van der Waals surface area contributed by atoms with Crippen LogP contribution in [0.5, 0.6) is 0 Å². The quantitative estimate of drug-likeness (QED) is 0.815. The zero-order chi connectivity index (χ0) is 12.1. The molecule has 0 radical (unpaired) electrons. The second-order valence-electron chi connectivity index (χ2n) is 4.12. The van der Waals surface area contributed by atoms with Gasteiger partial charge in [0, 0.05) is 19.3 Å². The summed E-state index contributed by atoms with van der Waals surface area (Å²) in [5.74, 6) is 0.0933. The average Bonchev–Trinajstić information content (AvgIpc) is 2.82. The van der Waals surface area contributed by atoms with E-state index >= 15 is 0 Å². The van der Waals surface area contributed by atoms with Crippen molar-refractivity contribution in [2.24, 2.45) is 0 Å². The SMILES string of the molecule is Nc1ncccc1C(=O)NCCC1CCCO1. The Bertz CT molecular complexity index is 389. The summed E-state index contributed by atoms with van der Waals surface area (Å²) in [6.07, 6.45) is 4.92. The lowest BCUT2D eigenvalue weighted by atomic mass is 10.2. The number of rotatable bonds is 4. The molecule has 3 N–H and O–H groups in total. The lowest BCUT2D eigenvalue weighted by molar-refractivity contribution is 0.0907. The van der Waals surface area contributed by atoms with Gasteiger partial charge in [0.25, 0.3) is 5.91 Å². The molecule has 1 aliphatic heterocycles. The second kappa shape index (κ2) is 5.63. The Morgan fingerprint density at radius 3 is 3.24 bits per heavy atom. The molecule has 1 unspecified atom stereocenters. The van der Waals surface area contributed by atoms with E-state index in [2.05, 4.69) is 10.3 Å². The minimum Gasteiger partial charge on any atom is -0.383 e. The Labute approximate surface area is 100 Å². The lowest BCUT2D eigenvalue weighted by Crippen LogP contribution is -2.27. The molecule has 2 heterocycles. The number of amides is 1. The maximum absolute atomic E-state index is 11.8. The topological polar surface area (TPSA) is 77.2 Å². The van der Waals surface area contributed by atoms with E-state index in [1.54, 1.807) is 18.3 Å². The van der Waals surface area contributed by atoms with Gasteiger partial charge in [-0.15, -0.1) is 0 Å². The van der Waals surface area contributed by atoms with Gasteiger partial charge in [0.15, 0.2) is 0 Å². The van der Waals surface area contributed by atoms with Crippen molar-refractivity contribution in [1.82, 2.24) is 10.3 Å². The van der Waals surface area contributed by atoms with Crippen LogP contribution in [-0.4, -0.2) is 30.1 Å². The summed E-state index contributed by atoms with van der Waals surface area (Å²) in [5.41, 5.74) is 6.05. The number of nitrogens with one attached hydrogen (secondary N) is 1. The number of aromatic nitrogens is 1. The number of anilines is 1. The van der Waals surface area contributed by atoms with E-state index in [-0.39, 0.29) is 11.7 Å². The average molecular weight is 235 g/mol. The van der Waals surface area contributed by atoms with Crippen molar-refractivity contribution in [2.45, 2.75) is 25.4 Å². The smallest absolute Gasteiger partial charge is 0.255 e. The monoisotopic (exact) mass is 235 g/mol. The highest BCUT2D eigenvalue weighted by Crippen LogP contribution is 2.14. The molecular weight excluding hydrogens is 218 g/mol. The zero-order valence-electron chi connectivity index (χ0n) is 9.69. The van der Waals surface area contributed by atoms with Gasteiger partial charge in [-0.3, -0.25) is 4.79 Å². The molecular formula is C12H17N3O2. The molecule has 1 amide bonds. The number of ether oxygens (including phenoxy) is 1. The van der Waals surface area contributed by atoms with Crippen LogP contribution in [0.15, 0.2) is 18.3 Å². The molecule has 1 saturated heterocycles. The van der Waals surface area contributed by atoms with E-state index in [0.29, 0.717) is 18.2 Å². The molecule has 17 heavy (non-hydrogen) atoms. The maximum atomic E-state index is 11.8. The van der Waals surface area contributed by atoms with Gasteiger partial charge in [-0.05, 0) is 31.4 Å². The fourth-order valence-corrected chi connectivity index (χ4v) is 1.92. The first-order valence-electron chi connectivity index (χ1n) is 5.87. The fourth-order valence-electron chi connectivity index (χ4n) is 1.92. The Balaban J connectivity index is 1.79. The fraction of sp³-hybridized carbons (Fsp3) is 0.500. The molecule has 0 aromatic carbocycles. The molecule has 1 aliphatic rings. The van der Waals surface area contributed by atoms with Crippen molar-refractivity contribution < 1.29 is 9.53 Å². The summed E-state index contributed by atoms with van der Waals surface area (Å²) < 4.78 is 5.48. The first kappa shape index (κ1) is 11.9. The molecule has 92 valence electrons. The third-order valence-electron chi connectivity index (χ3n) is 2.86. The van der Waals surface area contributed by atoms with Crippen molar-refractivity contribution >= 4 is 11.7 Å². The third kappa shape index (κ3) is 3.17. The molecule has 5 heteroatoms. The van der Waals surface area contributed by atoms with Crippen molar-refractivity contribution in [3.05, 3.63) is 23.9 Å². The Kier molecular flexibility index (Phi) is 3.93. The highest BCUT2D eigenvalue weighted by molar-refractivity contribution is 5.98. The number of hydrogen-bond acceptors (Lipinski definition) is 4. The molecule has 1 aromatic heterocycles. The molecule has 0 bridgehead atoms. The summed E-state index contributed by atoms with van der Waals surface area (Å²) >= 11 is 0. The van der Waals surface area contributed by atoms with E-state index < -0.39 is 0 Å². The number of carbonyl (C=O) groups is 1. The lowest BCUT2D eigenvalue weighted by Gasteiger charge is -2.10. The molecule has 1 atom stereocenters. The summed E-state index contributed by atoms with van der Waals surface area (Å²) in [6.45, 7) is 1.45. The molecule has 0 aliphatic carbocycles. The first-order valence-corrected chi connectivity index (χ1v) is 5.87. The Morgan fingerprint density at radius 2 is 2.53 bits per heavy atom. The van der Waals surface area contributed by atoms with Gasteiger partial charge in [-0.2, -0.15) is 0 Å². The van der Waals surface area contributed by atoms with Gasteiger partial charge < -0.3 is 15.8 Å². The minimum atomic E-state index is -0.173. The van der Waals surface area contributed by atoms with Crippen LogP contribution in [0, 0.1) is 0 Å². The van der Waals surface area contributed by atoms with Gasteiger partial charge in [-0.25, -0.2) is 4.98 Å². The summed E-state index contributed by atoms with van der Waals surface area (Å²) in [5, 5.41) is 2.83. The normalized spacial score (nSPS) is 19.2. The maximum Gasteiger partial charge on any atom is 0.255 e. The van der Waals surface area contributed by atoms with Crippen LogP contribution in [0.25, 0.3) is 0 Å². The molecule has 0 saturated carbocycles. The summed E-state index contributed by atoms with van der Waals surface area (Å²) in [6, 6.07) is 3.37. The van der Waals surface area contributed by atoms with Crippen LogP contribution in [-0.2, 0) is 4.74 Å². The van der Waals surface area contributed by atoms with Crippen LogP contribution in [0.4, 0.5) is 5.82 Å². The number of carbonyl (C=O) groups excluding carboxylic acids is 1. The third-order valence-corrected chi connectivity index (χ3v) is 2.86. The van der Waals surface area contributed by atoms with Crippen molar-refractivity contribution in [1.29, 1.82) is 0 Å². The molecule has 2 rings (SSSR count). The zero-order valence-corrected chi connectivity index (χ0v) is 9.69. The minimum absolute atomic E-state index is 0.173. The van der Waals surface area contributed by atoms with Crippen LogP contribution >= 0.6 is 0 Å². The molecule has 0 spiro atoms. The standard InChI is InChI=1S/C12H17N3O2/c13-11-10(4-1-6-14-11)12(16)15-7-5-9-3-2-8-17-9/h1,4,6,9H,2-3,5,7-8H2,(H2,13,14)(H,15,16). The molecule has 1 aromatic rings. The Morgan fingerprint density at radius 1 is 1.65 bits per heavy atom. The predicted octanol–water partition coefficient (Wildman–Crippen LogP) is 0.963. The van der Waals surface area contributed by atoms with Crippen LogP contribution in [0.1, 0.15) is 29.6 Å². The van der Waals surface area contributed by atoms with Gasteiger partial charge in [0.1, 0.15) is 5.82 Å². The van der Waals surface area contributed by atoms with E-state index in [1.165, 1.54) is 0 Å². The Hall–Kier alpha value is -1.62. The number of hydrogen-bond donors (Lipinski definition) is 2. The van der Waals surface area contributed by atoms with E-state index in [9.17, 15) is 4.79 Å². The number of nitrogen functional groups attached to an aromatic ring is 1. The van der Waals surface area contributed by atoms with Crippen molar-refractivity contribution in [2.75, 3.05) is 18.9 Å². The highest BCUT2D eigenvalue weighted by atomic mass is 16.5. The van der Waals surface area contributed by atoms with Gasteiger partial charge in [-0.1, -0.05) is 0 Å². The largest absolute Gasteiger partial charge is 0.383 e. The summed E-state index contributed by atoms with van der Waals surface area (Å²) in [4.78, 5) is 15.6. The van der Waals surface area contributed by atoms with E-state index in [0.717, 1.165) is 25.9 Å². The van der Waals surface area contributed by atoms with E-state index in [1.807, 2.05) is 0 Å². The highest BCUT2D eigenvalue weighted by Gasteiger charge is 2.16. The van der Waals surface area contributed by atoms with Crippen LogP contribution in [0.3, 0.4) is 0 Å². The van der Waals surface area contributed by atoms with E-state index in [4.69, 9.17) is 10.5 Å². The van der Waals surface area contributed by atoms with Crippen LogP contribution < -0.4 is 11.1 Å². The van der Waals surface area contributed by atoms with Crippen LogP contribution in [0.2, 0.25) is 0 Å². The van der Waals surface area contributed by atoms with Crippen molar-refractivity contribution in [3.8, 4) is 0 Å². The van der Waals surface area contributed by atoms with Gasteiger partial charge >= 0.3 is 0 Å². The van der Waals surface area contributed by atoms with Crippen molar-refractivity contribution in [3.63, 3.8) is 0 Å². The predicted molar refractivity (Wildman–Crippen MR) is 64.6 cm³/mol. The number of pyridine rings is 1. The summed E-state index contributed by atoms with van der Waals surface area (Å²) in [7, 11) is 0. The van der Waals surface area contributed by atoms with Gasteiger partial charge in [0.05, 0.1) is 11.7 Å². The van der Waals surface area contributed by atoms with Gasteiger partial charge in [0.2, 0.25) is 0 Å². The number of nitrogens with zero attached hydrogens (tertiary/aromatic N) is 1. The second-order valence-corrected chi connectivity index (χ2v) is 4.12. The molecule has 5 nitrogen and oxygen atoms in total. The first-order chi connectivity index (χ1) is 8.27. The number of nitrogens with two attached hydrogens (primary N) is 1.